The highest BCUT2D eigenvalue weighted by Gasteiger charge is 2.07. The zero-order chi connectivity index (χ0) is 20.9. The number of hydrogen-bond acceptors (Lipinski definition) is 4. The van der Waals surface area contributed by atoms with Gasteiger partial charge in [0.1, 0.15) is 12.1 Å². The Balaban J connectivity index is 1.31. The Morgan fingerprint density at radius 2 is 1.93 bits per heavy atom. The van der Waals surface area contributed by atoms with E-state index >= 15 is 0 Å². The number of pyridine rings is 1. The summed E-state index contributed by atoms with van der Waals surface area (Å²) in [5, 5.41) is 5.72. The van der Waals surface area contributed by atoms with Crippen LogP contribution in [0.15, 0.2) is 67.0 Å². The third kappa shape index (κ3) is 4.41. The van der Waals surface area contributed by atoms with Gasteiger partial charge in [0, 0.05) is 30.9 Å². The van der Waals surface area contributed by atoms with E-state index in [0.29, 0.717) is 19.5 Å². The highest BCUT2D eigenvalue weighted by Crippen LogP contribution is 2.16. The van der Waals surface area contributed by atoms with Crippen molar-refractivity contribution >= 4 is 22.8 Å². The molecule has 0 atom stereocenters. The molecule has 0 unspecified atom stereocenters. The molecule has 4 rings (SSSR count). The molecular formula is C23H24N6O. The Morgan fingerprint density at radius 1 is 1.07 bits per heavy atom. The van der Waals surface area contributed by atoms with Crippen LogP contribution in [0, 0.1) is 6.92 Å². The first-order valence-corrected chi connectivity index (χ1v) is 9.85. The van der Waals surface area contributed by atoms with Crippen molar-refractivity contribution in [2.45, 2.75) is 19.9 Å². The fourth-order valence-corrected chi connectivity index (χ4v) is 3.23. The van der Waals surface area contributed by atoms with Crippen LogP contribution in [-0.4, -0.2) is 27.1 Å². The molecular weight excluding hydrogens is 376 g/mol. The lowest BCUT2D eigenvalue weighted by Crippen LogP contribution is -2.36. The molecule has 0 fully saturated rings. The first-order valence-electron chi connectivity index (χ1n) is 9.85. The Hall–Kier alpha value is -3.87. The van der Waals surface area contributed by atoms with Crippen LogP contribution in [0.2, 0.25) is 0 Å². The second kappa shape index (κ2) is 8.65. The van der Waals surface area contributed by atoms with Crippen molar-refractivity contribution in [3.63, 3.8) is 0 Å². The maximum atomic E-state index is 12.1. The van der Waals surface area contributed by atoms with E-state index in [1.54, 1.807) is 6.33 Å². The fourth-order valence-electron chi connectivity index (χ4n) is 3.23. The lowest BCUT2D eigenvalue weighted by molar-refractivity contribution is 0.240. The van der Waals surface area contributed by atoms with Crippen LogP contribution in [-0.2, 0) is 13.0 Å². The number of carbonyl (C=O) groups is 1. The quantitative estimate of drug-likeness (QED) is 0.432. The molecule has 7 nitrogen and oxygen atoms in total. The van der Waals surface area contributed by atoms with Crippen LogP contribution in [0.1, 0.15) is 16.8 Å². The van der Waals surface area contributed by atoms with Crippen molar-refractivity contribution in [1.29, 1.82) is 0 Å². The summed E-state index contributed by atoms with van der Waals surface area (Å²) in [6, 6.07) is 19.4. The van der Waals surface area contributed by atoms with Crippen LogP contribution in [0.5, 0.6) is 0 Å². The SMILES string of the molecule is Cc1ccc(CNC(=O)NCCc2cccc(-n3cnc4ccccc43)n2)cc1N. The van der Waals surface area contributed by atoms with Crippen molar-refractivity contribution in [2.24, 2.45) is 0 Å². The van der Waals surface area contributed by atoms with E-state index in [1.807, 2.05) is 72.2 Å². The average molecular weight is 400 g/mol. The molecule has 4 N–H and O–H groups in total. The van der Waals surface area contributed by atoms with Gasteiger partial charge < -0.3 is 16.4 Å². The Kier molecular flexibility index (Phi) is 5.61. The van der Waals surface area contributed by atoms with Gasteiger partial charge in [-0.3, -0.25) is 4.57 Å². The number of urea groups is 1. The molecule has 0 spiro atoms. The molecule has 0 aliphatic rings. The van der Waals surface area contributed by atoms with Gasteiger partial charge in [-0.1, -0.05) is 30.3 Å². The Morgan fingerprint density at radius 3 is 2.80 bits per heavy atom. The van der Waals surface area contributed by atoms with E-state index < -0.39 is 0 Å². The molecule has 2 amide bonds. The number of carbonyl (C=O) groups excluding carboxylic acids is 1. The van der Waals surface area contributed by atoms with E-state index in [-0.39, 0.29) is 6.03 Å². The molecule has 0 aliphatic heterocycles. The van der Waals surface area contributed by atoms with Gasteiger partial charge in [-0.2, -0.15) is 0 Å². The summed E-state index contributed by atoms with van der Waals surface area (Å²) >= 11 is 0. The number of nitrogen functional groups attached to an aromatic ring is 1. The van der Waals surface area contributed by atoms with Gasteiger partial charge in [-0.25, -0.2) is 14.8 Å². The monoisotopic (exact) mass is 400 g/mol. The minimum Gasteiger partial charge on any atom is -0.399 e. The minimum atomic E-state index is -0.217. The van der Waals surface area contributed by atoms with Crippen LogP contribution in [0.4, 0.5) is 10.5 Å². The molecule has 2 aromatic heterocycles. The number of nitrogens with zero attached hydrogens (tertiary/aromatic N) is 3. The number of imidazole rings is 1. The van der Waals surface area contributed by atoms with Crippen LogP contribution >= 0.6 is 0 Å². The van der Waals surface area contributed by atoms with E-state index in [1.165, 1.54) is 0 Å². The first kappa shape index (κ1) is 19.4. The summed E-state index contributed by atoms with van der Waals surface area (Å²) in [5.74, 6) is 0.808. The predicted octanol–water partition coefficient (Wildman–Crippen LogP) is 3.35. The van der Waals surface area contributed by atoms with Gasteiger partial charge in [0.05, 0.1) is 11.0 Å². The molecule has 30 heavy (non-hydrogen) atoms. The van der Waals surface area contributed by atoms with Crippen molar-refractivity contribution in [2.75, 3.05) is 12.3 Å². The van der Waals surface area contributed by atoms with E-state index in [9.17, 15) is 4.79 Å². The number of aromatic nitrogens is 3. The van der Waals surface area contributed by atoms with Crippen LogP contribution < -0.4 is 16.4 Å². The smallest absolute Gasteiger partial charge is 0.315 e. The summed E-state index contributed by atoms with van der Waals surface area (Å²) in [6.45, 7) is 2.87. The number of nitrogens with one attached hydrogen (secondary N) is 2. The van der Waals surface area contributed by atoms with Gasteiger partial charge in [0.2, 0.25) is 0 Å². The zero-order valence-corrected chi connectivity index (χ0v) is 16.8. The number of aryl methyl sites for hydroxylation is 1. The molecule has 2 heterocycles. The van der Waals surface area contributed by atoms with Gasteiger partial charge in [0.15, 0.2) is 0 Å². The molecule has 0 aliphatic carbocycles. The lowest BCUT2D eigenvalue weighted by atomic mass is 10.1. The van der Waals surface area contributed by atoms with Crippen molar-refractivity contribution < 1.29 is 4.79 Å². The van der Waals surface area contributed by atoms with Crippen LogP contribution in [0.3, 0.4) is 0 Å². The largest absolute Gasteiger partial charge is 0.399 e. The predicted molar refractivity (Wildman–Crippen MR) is 118 cm³/mol. The second-order valence-electron chi connectivity index (χ2n) is 7.14. The van der Waals surface area contributed by atoms with E-state index in [2.05, 4.69) is 15.6 Å². The zero-order valence-electron chi connectivity index (χ0n) is 16.8. The second-order valence-corrected chi connectivity index (χ2v) is 7.14. The van der Waals surface area contributed by atoms with Gasteiger partial charge in [-0.15, -0.1) is 0 Å². The fraction of sp³-hybridized carbons (Fsp3) is 0.174. The van der Waals surface area contributed by atoms with Crippen LogP contribution in [0.25, 0.3) is 16.9 Å². The normalized spacial score (nSPS) is 10.8. The molecule has 0 bridgehead atoms. The third-order valence-corrected chi connectivity index (χ3v) is 4.96. The number of fused-ring (bicyclic) bond motifs is 1. The molecule has 4 aromatic rings. The summed E-state index contributed by atoms with van der Waals surface area (Å²) in [6.07, 6.45) is 2.41. The van der Waals surface area contributed by atoms with Crippen molar-refractivity contribution in [3.8, 4) is 5.82 Å². The number of hydrogen-bond donors (Lipinski definition) is 3. The summed E-state index contributed by atoms with van der Waals surface area (Å²) in [5.41, 5.74) is 11.5. The third-order valence-electron chi connectivity index (χ3n) is 4.96. The van der Waals surface area contributed by atoms with Gasteiger partial charge >= 0.3 is 6.03 Å². The maximum Gasteiger partial charge on any atom is 0.315 e. The molecule has 7 heteroatoms. The number of amides is 2. The lowest BCUT2D eigenvalue weighted by Gasteiger charge is -2.10. The topological polar surface area (TPSA) is 97.9 Å². The first-order chi connectivity index (χ1) is 14.6. The Bertz CT molecular complexity index is 1180. The molecule has 0 radical (unpaired) electrons. The summed E-state index contributed by atoms with van der Waals surface area (Å²) < 4.78 is 1.96. The molecule has 0 saturated heterocycles. The summed E-state index contributed by atoms with van der Waals surface area (Å²) in [7, 11) is 0. The number of benzene rings is 2. The van der Waals surface area contributed by atoms with Crippen molar-refractivity contribution in [3.05, 3.63) is 83.8 Å². The maximum absolute atomic E-state index is 12.1. The number of para-hydroxylation sites is 2. The highest BCUT2D eigenvalue weighted by atomic mass is 16.2. The molecule has 2 aromatic carbocycles. The van der Waals surface area contributed by atoms with Gasteiger partial charge in [-0.05, 0) is 48.4 Å². The van der Waals surface area contributed by atoms with Gasteiger partial charge in [0.25, 0.3) is 0 Å². The summed E-state index contributed by atoms with van der Waals surface area (Å²) in [4.78, 5) is 21.2. The average Bonchev–Trinajstić information content (AvgIpc) is 3.19. The molecule has 152 valence electrons. The standard InChI is InChI=1S/C23H24N6O/c1-16-9-10-17(13-19(16)24)14-26-23(30)25-12-11-18-5-4-8-22(28-18)29-15-27-20-6-2-3-7-21(20)29/h2-10,13,15H,11-12,14,24H2,1H3,(H2,25,26,30). The van der Waals surface area contributed by atoms with E-state index in [4.69, 9.17) is 10.7 Å². The number of nitrogens with two attached hydrogens (primary N) is 1. The minimum absolute atomic E-state index is 0.217. The van der Waals surface area contributed by atoms with E-state index in [0.717, 1.165) is 39.4 Å². The number of anilines is 1. The number of rotatable bonds is 6. The van der Waals surface area contributed by atoms with Crippen molar-refractivity contribution in [1.82, 2.24) is 25.2 Å². The molecule has 0 saturated carbocycles. The highest BCUT2D eigenvalue weighted by molar-refractivity contribution is 5.76. The Labute approximate surface area is 175 Å².